The number of nitrogens with zero attached hydrogens (tertiary/aromatic N) is 1. The molecule has 152 valence electrons. The van der Waals surface area contributed by atoms with Crippen LogP contribution in [0.2, 0.25) is 5.04 Å². The summed E-state index contributed by atoms with van der Waals surface area (Å²) in [4.78, 5) is 13.7. The number of carboxylic acid groups (broad SMARTS) is 1. The van der Waals surface area contributed by atoms with E-state index in [1.165, 1.54) is 10.4 Å². The second-order valence-electron chi connectivity index (χ2n) is 8.36. The number of hydrogen-bond donors (Lipinski definition) is 1. The zero-order valence-corrected chi connectivity index (χ0v) is 18.7. The lowest BCUT2D eigenvalue weighted by Crippen LogP contribution is -2.68. The minimum Gasteiger partial charge on any atom is -0.481 e. The van der Waals surface area contributed by atoms with Gasteiger partial charge >= 0.3 is 5.97 Å². The summed E-state index contributed by atoms with van der Waals surface area (Å²) in [6.45, 7) is 10.1. The fraction of sp³-hybridized carbons (Fsp3) is 0.435. The number of aliphatic carboxylic acids is 1. The molecule has 2 rings (SSSR count). The summed E-state index contributed by atoms with van der Waals surface area (Å²) in [7, 11) is -0.745. The molecule has 0 heterocycles. The van der Waals surface area contributed by atoms with Gasteiger partial charge in [-0.15, -0.1) is 0 Å². The first-order valence-electron chi connectivity index (χ1n) is 9.90. The molecule has 0 fully saturated rings. The number of hydrogen-bond acceptors (Lipinski definition) is 3. The van der Waals surface area contributed by atoms with Crippen molar-refractivity contribution in [3.05, 3.63) is 60.7 Å². The van der Waals surface area contributed by atoms with Crippen molar-refractivity contribution in [2.75, 3.05) is 20.1 Å². The Hall–Kier alpha value is -1.95. The molecule has 0 amide bonds. The van der Waals surface area contributed by atoms with Crippen LogP contribution < -0.4 is 10.4 Å². The molecule has 1 atom stereocenters. The maximum atomic E-state index is 11.6. The number of likely N-dealkylation sites (N-methyl/N-ethyl adjacent to an activating group) is 1. The molecule has 0 radical (unpaired) electrons. The van der Waals surface area contributed by atoms with Gasteiger partial charge in [-0.3, -0.25) is 4.79 Å². The smallest absolute Gasteiger partial charge is 0.305 e. The first kappa shape index (κ1) is 22.3. The Balaban J connectivity index is 2.63. The fourth-order valence-corrected chi connectivity index (χ4v) is 8.43. The van der Waals surface area contributed by atoms with Crippen molar-refractivity contribution < 1.29 is 14.3 Å². The number of rotatable bonds is 9. The monoisotopic (exact) mass is 399 g/mol. The highest BCUT2D eigenvalue weighted by atomic mass is 28.4. The summed E-state index contributed by atoms with van der Waals surface area (Å²) < 4.78 is 6.97. The quantitative estimate of drug-likeness (QED) is 0.657. The lowest BCUT2D eigenvalue weighted by atomic mass is 10.2. The van der Waals surface area contributed by atoms with Crippen LogP contribution in [0.15, 0.2) is 60.7 Å². The van der Waals surface area contributed by atoms with Crippen molar-refractivity contribution >= 4 is 24.7 Å². The van der Waals surface area contributed by atoms with Gasteiger partial charge in [0.2, 0.25) is 0 Å². The fourth-order valence-electron chi connectivity index (χ4n) is 3.76. The van der Waals surface area contributed by atoms with Crippen LogP contribution in [0.5, 0.6) is 0 Å². The van der Waals surface area contributed by atoms with Gasteiger partial charge in [0.05, 0.1) is 12.5 Å². The Morgan fingerprint density at radius 1 is 1.04 bits per heavy atom. The van der Waals surface area contributed by atoms with E-state index in [2.05, 4.69) is 56.9 Å². The van der Waals surface area contributed by atoms with Crippen LogP contribution in [-0.2, 0) is 9.22 Å². The topological polar surface area (TPSA) is 49.8 Å². The molecule has 0 aliphatic carbocycles. The summed E-state index contributed by atoms with van der Waals surface area (Å²) >= 11 is 0. The van der Waals surface area contributed by atoms with Crippen molar-refractivity contribution in [2.45, 2.75) is 45.3 Å². The van der Waals surface area contributed by atoms with Crippen molar-refractivity contribution in [2.24, 2.45) is 0 Å². The number of carbonyl (C=O) groups is 1. The molecular weight excluding hydrogens is 366 g/mol. The van der Waals surface area contributed by atoms with Gasteiger partial charge in [0, 0.05) is 6.54 Å². The van der Waals surface area contributed by atoms with E-state index in [0.29, 0.717) is 6.54 Å². The molecule has 2 aromatic carbocycles. The van der Waals surface area contributed by atoms with Crippen molar-refractivity contribution in [1.29, 1.82) is 0 Å². The SMILES string of the molecule is CCN(C)C[C@H](CC(=O)O)O[Si](c1ccccc1)(c1ccccc1)C(C)(C)C. The molecule has 4 nitrogen and oxygen atoms in total. The zero-order chi connectivity index (χ0) is 20.8. The Morgan fingerprint density at radius 3 is 1.86 bits per heavy atom. The van der Waals surface area contributed by atoms with Crippen LogP contribution in [0.3, 0.4) is 0 Å². The van der Waals surface area contributed by atoms with Gasteiger partial charge < -0.3 is 14.4 Å². The van der Waals surface area contributed by atoms with E-state index < -0.39 is 14.3 Å². The van der Waals surface area contributed by atoms with Crippen LogP contribution in [0.4, 0.5) is 0 Å². The lowest BCUT2D eigenvalue weighted by molar-refractivity contribution is -0.139. The van der Waals surface area contributed by atoms with E-state index >= 15 is 0 Å². The predicted molar refractivity (Wildman–Crippen MR) is 118 cm³/mol. The van der Waals surface area contributed by atoms with E-state index in [9.17, 15) is 9.90 Å². The molecule has 5 heteroatoms. The molecule has 0 aromatic heterocycles. The van der Waals surface area contributed by atoms with E-state index in [4.69, 9.17) is 4.43 Å². The summed E-state index contributed by atoms with van der Waals surface area (Å²) in [6.07, 6.45) is -0.386. The summed E-state index contributed by atoms with van der Waals surface area (Å²) in [5, 5.41) is 11.7. The minimum atomic E-state index is -2.75. The van der Waals surface area contributed by atoms with Crippen molar-refractivity contribution in [1.82, 2.24) is 4.90 Å². The average molecular weight is 400 g/mol. The van der Waals surface area contributed by atoms with Gasteiger partial charge in [0.25, 0.3) is 8.32 Å². The third-order valence-corrected chi connectivity index (χ3v) is 10.3. The summed E-state index contributed by atoms with van der Waals surface area (Å²) in [6, 6.07) is 20.7. The maximum absolute atomic E-state index is 11.6. The van der Waals surface area contributed by atoms with Gasteiger partial charge in [-0.25, -0.2) is 0 Å². The first-order chi connectivity index (χ1) is 13.2. The Kier molecular flexibility index (Phi) is 7.58. The number of benzene rings is 2. The van der Waals surface area contributed by atoms with Crippen molar-refractivity contribution in [3.63, 3.8) is 0 Å². The van der Waals surface area contributed by atoms with Crippen LogP contribution in [0, 0.1) is 0 Å². The van der Waals surface area contributed by atoms with Gasteiger partial charge in [-0.05, 0) is 29.0 Å². The zero-order valence-electron chi connectivity index (χ0n) is 17.7. The molecule has 0 spiro atoms. The van der Waals surface area contributed by atoms with E-state index in [0.717, 1.165) is 6.54 Å². The molecule has 0 bridgehead atoms. The normalized spacial score (nSPS) is 13.5. The molecule has 28 heavy (non-hydrogen) atoms. The highest BCUT2D eigenvalue weighted by Crippen LogP contribution is 2.37. The predicted octanol–water partition coefficient (Wildman–Crippen LogP) is 3.36. The van der Waals surface area contributed by atoms with E-state index in [1.54, 1.807) is 0 Å². The van der Waals surface area contributed by atoms with Crippen LogP contribution in [0.25, 0.3) is 0 Å². The van der Waals surface area contributed by atoms with Gasteiger partial charge in [0.15, 0.2) is 0 Å². The lowest BCUT2D eigenvalue weighted by Gasteiger charge is -2.45. The van der Waals surface area contributed by atoms with Gasteiger partial charge in [-0.2, -0.15) is 0 Å². The molecule has 0 saturated carbocycles. The van der Waals surface area contributed by atoms with Crippen LogP contribution in [-0.4, -0.2) is 50.5 Å². The minimum absolute atomic E-state index is 0.00512. The second-order valence-corrected chi connectivity index (χ2v) is 12.6. The third-order valence-electron chi connectivity index (χ3n) is 5.22. The highest BCUT2D eigenvalue weighted by molar-refractivity contribution is 6.99. The molecular formula is C23H33NO3Si. The second kappa shape index (κ2) is 9.50. The average Bonchev–Trinajstić information content (AvgIpc) is 2.65. The standard InChI is InChI=1S/C23H33NO3Si/c1-6-24(5)18-19(17-22(25)26)27-28(23(2,3)4,20-13-9-7-10-14-20)21-15-11-8-12-16-21/h7-16,19H,6,17-18H2,1-5H3,(H,25,26)/t19-/m0/s1. The van der Waals surface area contributed by atoms with Gasteiger partial charge in [0.1, 0.15) is 0 Å². The third kappa shape index (κ3) is 5.10. The number of carboxylic acids is 1. The first-order valence-corrected chi connectivity index (χ1v) is 11.8. The van der Waals surface area contributed by atoms with Gasteiger partial charge in [-0.1, -0.05) is 88.4 Å². The molecule has 0 aliphatic heterocycles. The summed E-state index contributed by atoms with van der Waals surface area (Å²) in [5.41, 5.74) is 0. The van der Waals surface area contributed by atoms with Crippen LogP contribution >= 0.6 is 0 Å². The molecule has 0 unspecified atom stereocenters. The Bertz CT molecular complexity index is 704. The molecule has 2 aromatic rings. The van der Waals surface area contributed by atoms with Crippen molar-refractivity contribution in [3.8, 4) is 0 Å². The maximum Gasteiger partial charge on any atom is 0.305 e. The molecule has 0 saturated heterocycles. The molecule has 1 N–H and O–H groups in total. The van der Waals surface area contributed by atoms with E-state index in [-0.39, 0.29) is 17.6 Å². The molecule has 0 aliphatic rings. The highest BCUT2D eigenvalue weighted by Gasteiger charge is 2.51. The van der Waals surface area contributed by atoms with E-state index in [1.807, 2.05) is 43.4 Å². The van der Waals surface area contributed by atoms with Crippen LogP contribution in [0.1, 0.15) is 34.1 Å². The largest absolute Gasteiger partial charge is 0.481 e. The Labute approximate surface area is 170 Å². The summed E-state index contributed by atoms with van der Waals surface area (Å²) in [5.74, 6) is -0.826. The Morgan fingerprint density at radius 2 is 1.50 bits per heavy atom.